The van der Waals surface area contributed by atoms with Crippen molar-refractivity contribution < 1.29 is 0 Å². The van der Waals surface area contributed by atoms with Crippen LogP contribution in [0.5, 0.6) is 0 Å². The molecule has 0 aliphatic heterocycles. The van der Waals surface area contributed by atoms with Gasteiger partial charge in [-0.1, -0.05) is 173 Å². The highest BCUT2D eigenvalue weighted by molar-refractivity contribution is 9.10. The third-order valence-electron chi connectivity index (χ3n) is 7.81. The van der Waals surface area contributed by atoms with Crippen LogP contribution in [-0.2, 0) is 0 Å². The molecule has 0 heterocycles. The molecule has 0 aliphatic carbocycles. The Bertz CT molecular complexity index is 790. The predicted molar refractivity (Wildman–Crippen MR) is 179 cm³/mol. The maximum atomic E-state index is 3.65. The van der Waals surface area contributed by atoms with Gasteiger partial charge in [-0.15, -0.1) is 0 Å². The highest BCUT2D eigenvalue weighted by Gasteiger charge is 2.13. The maximum absolute atomic E-state index is 3.65. The molecular weight excluding hydrogens is 592 g/mol. The van der Waals surface area contributed by atoms with Gasteiger partial charge in [0.2, 0.25) is 0 Å². The van der Waals surface area contributed by atoms with Crippen molar-refractivity contribution >= 4 is 43.0 Å². The third-order valence-corrected chi connectivity index (χ3v) is 8.87. The van der Waals surface area contributed by atoms with E-state index in [-0.39, 0.29) is 0 Å². The van der Waals surface area contributed by atoms with E-state index in [9.17, 15) is 0 Å². The van der Waals surface area contributed by atoms with Crippen LogP contribution < -0.4 is 0 Å². The third kappa shape index (κ3) is 14.5. The Kier molecular flexibility index (Phi) is 19.2. The second-order valence-corrected chi connectivity index (χ2v) is 13.0. The van der Waals surface area contributed by atoms with Crippen LogP contribution in [0.25, 0.3) is 11.1 Å². The molecule has 0 aliphatic rings. The molecule has 0 aromatic heterocycles. The summed E-state index contributed by atoms with van der Waals surface area (Å²) in [7, 11) is 0. The Morgan fingerprint density at radius 2 is 0.658 bits per heavy atom. The van der Waals surface area contributed by atoms with E-state index in [4.69, 9.17) is 0 Å². The lowest BCUT2D eigenvalue weighted by Gasteiger charge is -2.18. The van der Waals surface area contributed by atoms with Gasteiger partial charge in [0.15, 0.2) is 0 Å². The molecule has 212 valence electrons. The molecule has 0 radical (unpaired) electrons. The molecule has 0 spiro atoms. The molecule has 0 unspecified atom stereocenters. The van der Waals surface area contributed by atoms with Gasteiger partial charge in [-0.05, 0) is 72.2 Å². The second-order valence-electron chi connectivity index (χ2n) is 11.1. The maximum Gasteiger partial charge on any atom is 0.0175 e. The summed E-state index contributed by atoms with van der Waals surface area (Å²) >= 11 is 7.30. The van der Waals surface area contributed by atoms with Crippen molar-refractivity contribution in [1.82, 2.24) is 0 Å². The van der Waals surface area contributed by atoms with Crippen molar-refractivity contribution in [3.05, 3.63) is 68.6 Å². The zero-order valence-electron chi connectivity index (χ0n) is 24.5. The van der Waals surface area contributed by atoms with Gasteiger partial charge in [0.1, 0.15) is 0 Å². The minimum Gasteiger partial charge on any atom is -0.0654 e. The molecule has 0 fully saturated rings. The Balaban J connectivity index is 2.05. The summed E-state index contributed by atoms with van der Waals surface area (Å²) in [6, 6.07) is 18.1. The first kappa shape index (κ1) is 33.3. The summed E-state index contributed by atoms with van der Waals surface area (Å²) in [5.74, 6) is 0. The first-order chi connectivity index (χ1) is 18.7. The number of benzene rings is 2. The Labute approximate surface area is 252 Å². The van der Waals surface area contributed by atoms with Crippen molar-refractivity contribution in [3.8, 4) is 0 Å². The van der Waals surface area contributed by atoms with Crippen LogP contribution in [0.2, 0.25) is 0 Å². The Morgan fingerprint density at radius 3 is 0.947 bits per heavy atom. The summed E-state index contributed by atoms with van der Waals surface area (Å²) in [5.41, 5.74) is 5.95. The smallest absolute Gasteiger partial charge is 0.0175 e. The molecular formula is C36H54Br2. The zero-order chi connectivity index (χ0) is 27.3. The molecule has 0 nitrogen and oxygen atoms in total. The fraction of sp³-hybridized carbons (Fsp3) is 0.611. The van der Waals surface area contributed by atoms with E-state index in [0.29, 0.717) is 0 Å². The van der Waals surface area contributed by atoms with Crippen LogP contribution in [0.3, 0.4) is 0 Å². The van der Waals surface area contributed by atoms with Gasteiger partial charge in [0, 0.05) is 8.95 Å². The lowest BCUT2D eigenvalue weighted by Crippen LogP contribution is -1.96. The van der Waals surface area contributed by atoms with Gasteiger partial charge in [-0.2, -0.15) is 0 Å². The fourth-order valence-electron chi connectivity index (χ4n) is 5.47. The summed E-state index contributed by atoms with van der Waals surface area (Å²) in [5, 5.41) is 0. The average Bonchev–Trinajstić information content (AvgIpc) is 2.93. The topological polar surface area (TPSA) is 0 Å². The normalized spacial score (nSPS) is 12.1. The van der Waals surface area contributed by atoms with Crippen LogP contribution >= 0.6 is 31.9 Å². The minimum atomic E-state index is 1.16. The van der Waals surface area contributed by atoms with Crippen LogP contribution in [0, 0.1) is 0 Å². The van der Waals surface area contributed by atoms with Gasteiger partial charge >= 0.3 is 0 Å². The van der Waals surface area contributed by atoms with Gasteiger partial charge in [0.05, 0.1) is 0 Å². The van der Waals surface area contributed by atoms with Crippen molar-refractivity contribution in [2.75, 3.05) is 0 Å². The number of hydrogen-bond donors (Lipinski definition) is 0. The van der Waals surface area contributed by atoms with E-state index >= 15 is 0 Å². The number of rotatable bonds is 22. The number of unbranched alkanes of at least 4 members (excludes halogenated alkanes) is 16. The van der Waals surface area contributed by atoms with E-state index in [1.165, 1.54) is 140 Å². The van der Waals surface area contributed by atoms with Crippen LogP contribution in [0.15, 0.2) is 57.5 Å². The molecule has 0 saturated heterocycles. The van der Waals surface area contributed by atoms with Gasteiger partial charge in [-0.25, -0.2) is 0 Å². The molecule has 0 saturated carbocycles. The summed E-state index contributed by atoms with van der Waals surface area (Å²) in [4.78, 5) is 0. The molecule has 0 amide bonds. The minimum absolute atomic E-state index is 1.16. The predicted octanol–water partition coefficient (Wildman–Crippen LogP) is 14.0. The van der Waals surface area contributed by atoms with Crippen molar-refractivity contribution in [3.63, 3.8) is 0 Å². The first-order valence-electron chi connectivity index (χ1n) is 15.9. The molecule has 2 heteroatoms. The zero-order valence-corrected chi connectivity index (χ0v) is 27.7. The van der Waals surface area contributed by atoms with E-state index < -0.39 is 0 Å². The van der Waals surface area contributed by atoms with Crippen LogP contribution in [0.4, 0.5) is 0 Å². The summed E-state index contributed by atoms with van der Waals surface area (Å²) in [6.07, 6.45) is 27.2. The standard InChI is InChI=1S/C36H54Br2/c1-3-5-7-9-11-13-15-17-19-21-35(31-23-27-33(37)28-24-31)36(32-25-29-34(38)30-26-32)22-20-18-16-14-12-10-8-6-4-2/h23-30H,3-22H2,1-2H3/b36-35+. The van der Waals surface area contributed by atoms with E-state index in [1.807, 2.05) is 0 Å². The number of hydrogen-bond acceptors (Lipinski definition) is 0. The largest absolute Gasteiger partial charge is 0.0654 e. The summed E-state index contributed by atoms with van der Waals surface area (Å²) < 4.78 is 2.32. The van der Waals surface area contributed by atoms with E-state index in [2.05, 4.69) is 94.2 Å². The van der Waals surface area contributed by atoms with Crippen LogP contribution in [-0.4, -0.2) is 0 Å². The van der Waals surface area contributed by atoms with Crippen molar-refractivity contribution in [2.24, 2.45) is 0 Å². The quantitative estimate of drug-likeness (QED) is 0.0882. The molecule has 2 rings (SSSR count). The highest BCUT2D eigenvalue weighted by atomic mass is 79.9. The second kappa shape index (κ2) is 21.9. The van der Waals surface area contributed by atoms with Crippen molar-refractivity contribution in [2.45, 2.75) is 142 Å². The molecule has 0 atom stereocenters. The molecule has 38 heavy (non-hydrogen) atoms. The molecule has 2 aromatic carbocycles. The Morgan fingerprint density at radius 1 is 0.395 bits per heavy atom. The van der Waals surface area contributed by atoms with E-state index in [0.717, 1.165) is 8.95 Å². The Hall–Kier alpha value is -0.860. The lowest BCUT2D eigenvalue weighted by molar-refractivity contribution is 0.566. The molecule has 2 aromatic rings. The number of halogens is 2. The SMILES string of the molecule is CCCCCCCCCCC/C(=C(/CCCCCCCCCCC)c1ccc(Br)cc1)c1ccc(Br)cc1. The monoisotopic (exact) mass is 644 g/mol. The van der Waals surface area contributed by atoms with Crippen LogP contribution in [0.1, 0.15) is 153 Å². The van der Waals surface area contributed by atoms with E-state index in [1.54, 1.807) is 11.1 Å². The summed E-state index contributed by atoms with van der Waals surface area (Å²) in [6.45, 7) is 4.60. The van der Waals surface area contributed by atoms with Gasteiger partial charge in [0.25, 0.3) is 0 Å². The average molecular weight is 647 g/mol. The first-order valence-corrected chi connectivity index (χ1v) is 17.5. The van der Waals surface area contributed by atoms with Gasteiger partial charge < -0.3 is 0 Å². The highest BCUT2D eigenvalue weighted by Crippen LogP contribution is 2.35. The molecule has 0 bridgehead atoms. The van der Waals surface area contributed by atoms with Crippen molar-refractivity contribution in [1.29, 1.82) is 0 Å². The number of allylic oxidation sites excluding steroid dienone is 2. The fourth-order valence-corrected chi connectivity index (χ4v) is 5.99. The lowest BCUT2D eigenvalue weighted by atomic mass is 9.87. The molecule has 0 N–H and O–H groups in total. The van der Waals surface area contributed by atoms with Gasteiger partial charge in [-0.3, -0.25) is 0 Å².